The Morgan fingerprint density at radius 2 is 1.61 bits per heavy atom. The molecule has 0 N–H and O–H groups in total. The predicted octanol–water partition coefficient (Wildman–Crippen LogP) is 6.65. The molecule has 0 aliphatic heterocycles. The molecule has 9 atom stereocenters. The van der Waals surface area contributed by atoms with Gasteiger partial charge in [-0.25, -0.2) is 0 Å². The minimum absolute atomic E-state index is 0.129. The van der Waals surface area contributed by atoms with Gasteiger partial charge in [-0.2, -0.15) is 0 Å². The SMILES string of the molecule is CCC(C)c1ccc(OC(OC2CC3CC2C2C4CCC(C4)C32)C(C)C)cc1. The normalized spacial score (nSPS) is 40.1. The minimum atomic E-state index is -0.129. The van der Waals surface area contributed by atoms with Crippen LogP contribution in [0, 0.1) is 41.4 Å². The maximum absolute atomic E-state index is 6.70. The average Bonchev–Trinajstić information content (AvgIpc) is 3.46. The molecule has 2 nitrogen and oxygen atoms in total. The van der Waals surface area contributed by atoms with Gasteiger partial charge < -0.3 is 9.47 Å². The minimum Gasteiger partial charge on any atom is -0.465 e. The lowest BCUT2D eigenvalue weighted by atomic mass is 9.70. The third-order valence-corrected chi connectivity index (χ3v) is 8.84. The molecule has 0 amide bonds. The molecule has 1 aromatic rings. The van der Waals surface area contributed by atoms with Crippen molar-refractivity contribution in [2.45, 2.75) is 84.5 Å². The molecular formula is C26H38O2. The molecule has 0 spiro atoms. The van der Waals surface area contributed by atoms with Gasteiger partial charge in [0.05, 0.1) is 6.10 Å². The van der Waals surface area contributed by atoms with E-state index in [9.17, 15) is 0 Å². The fourth-order valence-corrected chi connectivity index (χ4v) is 7.40. The third kappa shape index (κ3) is 3.11. The summed E-state index contributed by atoms with van der Waals surface area (Å²) in [5, 5.41) is 0. The highest BCUT2D eigenvalue weighted by Crippen LogP contribution is 2.67. The second-order valence-corrected chi connectivity index (χ2v) is 10.7. The van der Waals surface area contributed by atoms with Crippen LogP contribution in [0.15, 0.2) is 24.3 Å². The smallest absolute Gasteiger partial charge is 0.202 e. The first kappa shape index (κ1) is 19.0. The third-order valence-electron chi connectivity index (χ3n) is 8.84. The Hall–Kier alpha value is -1.02. The van der Waals surface area contributed by atoms with E-state index in [-0.39, 0.29) is 6.29 Å². The molecule has 0 aromatic heterocycles. The van der Waals surface area contributed by atoms with Gasteiger partial charge in [0.25, 0.3) is 0 Å². The van der Waals surface area contributed by atoms with Gasteiger partial charge in [0.2, 0.25) is 6.29 Å². The quantitative estimate of drug-likeness (QED) is 0.388. The highest BCUT2D eigenvalue weighted by Gasteiger charge is 2.62. The maximum Gasteiger partial charge on any atom is 0.202 e. The summed E-state index contributed by atoms with van der Waals surface area (Å²) < 4.78 is 13.1. The Morgan fingerprint density at radius 1 is 0.893 bits per heavy atom. The molecule has 4 aliphatic rings. The zero-order valence-corrected chi connectivity index (χ0v) is 18.1. The zero-order chi connectivity index (χ0) is 19.4. The molecule has 5 rings (SSSR count). The molecule has 0 heterocycles. The highest BCUT2D eigenvalue weighted by molar-refractivity contribution is 5.29. The first-order valence-corrected chi connectivity index (χ1v) is 12.0. The Labute approximate surface area is 171 Å². The van der Waals surface area contributed by atoms with E-state index in [1.54, 1.807) is 0 Å². The molecule has 28 heavy (non-hydrogen) atoms. The lowest BCUT2D eigenvalue weighted by Crippen LogP contribution is -2.40. The van der Waals surface area contributed by atoms with Gasteiger partial charge in [-0.3, -0.25) is 0 Å². The van der Waals surface area contributed by atoms with Crippen LogP contribution in [0.4, 0.5) is 0 Å². The van der Waals surface area contributed by atoms with E-state index in [2.05, 4.69) is 52.0 Å². The van der Waals surface area contributed by atoms with Crippen molar-refractivity contribution < 1.29 is 9.47 Å². The summed E-state index contributed by atoms with van der Waals surface area (Å²) in [7, 11) is 0. The highest BCUT2D eigenvalue weighted by atomic mass is 16.7. The number of rotatable bonds is 7. The van der Waals surface area contributed by atoms with Gasteiger partial charge in [0.1, 0.15) is 5.75 Å². The monoisotopic (exact) mass is 382 g/mol. The van der Waals surface area contributed by atoms with Crippen LogP contribution in [0.1, 0.15) is 77.7 Å². The Morgan fingerprint density at radius 3 is 2.29 bits per heavy atom. The van der Waals surface area contributed by atoms with Gasteiger partial charge in [0.15, 0.2) is 0 Å². The van der Waals surface area contributed by atoms with Gasteiger partial charge in [-0.05, 0) is 97.6 Å². The van der Waals surface area contributed by atoms with Crippen LogP contribution >= 0.6 is 0 Å². The van der Waals surface area contributed by atoms with Crippen LogP contribution in [-0.2, 0) is 4.74 Å². The molecule has 154 valence electrons. The molecule has 0 radical (unpaired) electrons. The summed E-state index contributed by atoms with van der Waals surface area (Å²) in [4.78, 5) is 0. The van der Waals surface area contributed by atoms with Crippen LogP contribution in [0.3, 0.4) is 0 Å². The molecule has 2 heteroatoms. The Bertz CT molecular complexity index is 680. The van der Waals surface area contributed by atoms with Crippen molar-refractivity contribution in [1.82, 2.24) is 0 Å². The largest absolute Gasteiger partial charge is 0.465 e. The first-order chi connectivity index (χ1) is 13.5. The van der Waals surface area contributed by atoms with Crippen LogP contribution < -0.4 is 4.74 Å². The predicted molar refractivity (Wildman–Crippen MR) is 113 cm³/mol. The molecule has 9 unspecified atom stereocenters. The van der Waals surface area contributed by atoms with Crippen LogP contribution in [0.5, 0.6) is 5.75 Å². The van der Waals surface area contributed by atoms with Crippen LogP contribution in [0.25, 0.3) is 0 Å². The fourth-order valence-electron chi connectivity index (χ4n) is 7.40. The Kier molecular flexibility index (Phi) is 4.98. The van der Waals surface area contributed by atoms with E-state index in [0.717, 1.165) is 41.3 Å². The van der Waals surface area contributed by atoms with Crippen molar-refractivity contribution in [3.8, 4) is 5.75 Å². The van der Waals surface area contributed by atoms with Crippen molar-refractivity contribution >= 4 is 0 Å². The lowest BCUT2D eigenvalue weighted by molar-refractivity contribution is -0.166. The van der Waals surface area contributed by atoms with E-state index in [1.165, 1.54) is 44.1 Å². The summed E-state index contributed by atoms with van der Waals surface area (Å²) in [5.41, 5.74) is 1.40. The van der Waals surface area contributed by atoms with Gasteiger partial charge in [0, 0.05) is 5.92 Å². The standard InChI is InChI=1S/C26H38O2/c1-5-16(4)17-8-10-21(11-9-17)27-26(15(2)3)28-23-14-20-13-22(23)25-19-7-6-18(12-19)24(20)25/h8-11,15-16,18-20,22-26H,5-7,12-14H2,1-4H3. The maximum atomic E-state index is 6.70. The van der Waals surface area contributed by atoms with Crippen LogP contribution in [-0.4, -0.2) is 12.4 Å². The van der Waals surface area contributed by atoms with E-state index in [1.807, 2.05) is 0 Å². The summed E-state index contributed by atoms with van der Waals surface area (Å²) >= 11 is 0. The molecule has 1 aromatic carbocycles. The van der Waals surface area contributed by atoms with Crippen molar-refractivity contribution in [3.05, 3.63) is 29.8 Å². The number of ether oxygens (including phenoxy) is 2. The van der Waals surface area contributed by atoms with Crippen molar-refractivity contribution in [2.75, 3.05) is 0 Å². The number of hydrogen-bond acceptors (Lipinski definition) is 2. The van der Waals surface area contributed by atoms with E-state index in [0.29, 0.717) is 17.9 Å². The van der Waals surface area contributed by atoms with Crippen LogP contribution in [0.2, 0.25) is 0 Å². The number of benzene rings is 1. The molecule has 4 aliphatic carbocycles. The van der Waals surface area contributed by atoms with E-state index < -0.39 is 0 Å². The molecular weight excluding hydrogens is 344 g/mol. The fraction of sp³-hybridized carbons (Fsp3) is 0.769. The number of hydrogen-bond donors (Lipinski definition) is 0. The zero-order valence-electron chi connectivity index (χ0n) is 18.1. The second-order valence-electron chi connectivity index (χ2n) is 10.7. The summed E-state index contributed by atoms with van der Waals surface area (Å²) in [6.07, 6.45) is 8.73. The van der Waals surface area contributed by atoms with Gasteiger partial charge in [-0.15, -0.1) is 0 Å². The molecule has 4 fully saturated rings. The van der Waals surface area contributed by atoms with Crippen molar-refractivity contribution in [3.63, 3.8) is 0 Å². The molecule has 4 saturated carbocycles. The van der Waals surface area contributed by atoms with Gasteiger partial charge in [-0.1, -0.05) is 39.8 Å². The summed E-state index contributed by atoms with van der Waals surface area (Å²) in [6, 6.07) is 8.70. The van der Waals surface area contributed by atoms with E-state index in [4.69, 9.17) is 9.47 Å². The topological polar surface area (TPSA) is 18.5 Å². The van der Waals surface area contributed by atoms with E-state index >= 15 is 0 Å². The van der Waals surface area contributed by atoms with Crippen molar-refractivity contribution in [2.24, 2.45) is 41.4 Å². The molecule has 0 saturated heterocycles. The lowest BCUT2D eigenvalue weighted by Gasteiger charge is -2.40. The Balaban J connectivity index is 1.24. The summed E-state index contributed by atoms with van der Waals surface area (Å²) in [5.74, 6) is 7.78. The molecule has 4 bridgehead atoms. The van der Waals surface area contributed by atoms with Gasteiger partial charge >= 0.3 is 0 Å². The first-order valence-electron chi connectivity index (χ1n) is 12.0. The summed E-state index contributed by atoms with van der Waals surface area (Å²) in [6.45, 7) is 8.99. The second kappa shape index (κ2) is 7.35. The van der Waals surface area contributed by atoms with Crippen molar-refractivity contribution in [1.29, 1.82) is 0 Å². The average molecular weight is 383 g/mol. The number of fused-ring (bicyclic) bond motifs is 9.